The minimum Gasteiger partial charge on any atom is -0.489 e. The van der Waals surface area contributed by atoms with Crippen LogP contribution in [0.15, 0.2) is 58.5 Å². The van der Waals surface area contributed by atoms with Crippen molar-refractivity contribution in [3.8, 4) is 11.8 Å². The number of allylic oxidation sites excluding steroid dienone is 1. The summed E-state index contributed by atoms with van der Waals surface area (Å²) in [6, 6.07) is 15.6. The number of alkyl halides is 2. The Morgan fingerprint density at radius 2 is 1.75 bits per heavy atom. The minimum atomic E-state index is -3.72. The maximum absolute atomic E-state index is 12.7. The van der Waals surface area contributed by atoms with Gasteiger partial charge in [0.05, 0.1) is 18.2 Å². The number of nitriles is 1. The fraction of sp³-hybridized carbons (Fsp3) is 0.433. The van der Waals surface area contributed by atoms with E-state index in [0.717, 1.165) is 28.2 Å². The summed E-state index contributed by atoms with van der Waals surface area (Å²) < 4.78 is 56.0. The zero-order valence-corrected chi connectivity index (χ0v) is 24.8. The van der Waals surface area contributed by atoms with E-state index < -0.39 is 16.6 Å². The van der Waals surface area contributed by atoms with Gasteiger partial charge in [-0.05, 0) is 66.5 Å². The van der Waals surface area contributed by atoms with Crippen molar-refractivity contribution in [2.75, 3.05) is 50.7 Å². The highest BCUT2D eigenvalue weighted by molar-refractivity contribution is 7.86. The molecule has 4 aliphatic heterocycles. The first-order chi connectivity index (χ1) is 21.2. The second kappa shape index (κ2) is 12.6. The molecule has 0 aliphatic carbocycles. The van der Waals surface area contributed by atoms with Crippen molar-refractivity contribution >= 4 is 33.5 Å². The Morgan fingerprint density at radius 3 is 2.41 bits per heavy atom. The van der Waals surface area contributed by atoms with Crippen LogP contribution >= 0.6 is 0 Å². The summed E-state index contributed by atoms with van der Waals surface area (Å²) in [7, 11) is -3.72. The number of aliphatic imine (C=N–C) groups is 2. The zero-order valence-electron chi connectivity index (χ0n) is 24.0. The van der Waals surface area contributed by atoms with Gasteiger partial charge in [0.1, 0.15) is 23.8 Å². The van der Waals surface area contributed by atoms with E-state index in [-0.39, 0.29) is 37.9 Å². The summed E-state index contributed by atoms with van der Waals surface area (Å²) in [4.78, 5) is 13.4. The van der Waals surface area contributed by atoms with Crippen LogP contribution in [-0.2, 0) is 10.2 Å². The molecule has 2 aromatic rings. The lowest BCUT2D eigenvalue weighted by atomic mass is 9.93. The number of fused-ring (bicyclic) bond motifs is 1. The number of anilines is 1. The smallest absolute Gasteiger partial charge is 0.276 e. The second-order valence-corrected chi connectivity index (χ2v) is 12.8. The number of hydrogen-bond donors (Lipinski definition) is 2. The molecular weight excluding hydrogens is 590 g/mol. The van der Waals surface area contributed by atoms with Gasteiger partial charge in [0.2, 0.25) is 0 Å². The number of rotatable bonds is 8. The second-order valence-electron chi connectivity index (χ2n) is 11.2. The van der Waals surface area contributed by atoms with Crippen LogP contribution in [0.2, 0.25) is 0 Å². The van der Waals surface area contributed by atoms with Gasteiger partial charge >= 0.3 is 0 Å². The molecule has 232 valence electrons. The maximum atomic E-state index is 12.7. The van der Waals surface area contributed by atoms with Crippen molar-refractivity contribution in [2.45, 2.75) is 37.6 Å². The van der Waals surface area contributed by atoms with Crippen molar-refractivity contribution in [3.63, 3.8) is 0 Å². The maximum Gasteiger partial charge on any atom is 0.276 e. The lowest BCUT2D eigenvalue weighted by Crippen LogP contribution is -2.47. The van der Waals surface area contributed by atoms with Gasteiger partial charge in [-0.15, -0.1) is 0 Å². The molecule has 14 heteroatoms. The van der Waals surface area contributed by atoms with Gasteiger partial charge in [-0.3, -0.25) is 9.89 Å². The van der Waals surface area contributed by atoms with E-state index in [9.17, 15) is 22.5 Å². The predicted octanol–water partition coefficient (Wildman–Crippen LogP) is 2.20. The monoisotopic (exact) mass is 624 g/mol. The molecule has 2 atom stereocenters. The Morgan fingerprint density at radius 1 is 1.05 bits per heavy atom. The summed E-state index contributed by atoms with van der Waals surface area (Å²) in [6.45, 7) is 2.98. The number of amidine groups is 1. The third-order valence-electron chi connectivity index (χ3n) is 8.44. The van der Waals surface area contributed by atoms with Gasteiger partial charge in [-0.25, -0.2) is 18.9 Å². The first kappa shape index (κ1) is 30.1. The van der Waals surface area contributed by atoms with Crippen molar-refractivity contribution in [1.82, 2.24) is 14.5 Å². The average molecular weight is 625 g/mol. The molecular formula is C30H34F2N8O3S. The molecule has 44 heavy (non-hydrogen) atoms. The molecule has 2 fully saturated rings. The SMILES string of the molecule is N#Cc1cc(C2=CC=NC3N=C(c4ccc(N5CCN(CC(F)F)CC5)cc4)NC23)ccc1OC1CCN(S(N)(=O)=O)CC1. The number of piperazine rings is 1. The predicted molar refractivity (Wildman–Crippen MR) is 164 cm³/mol. The topological polar surface area (TPSA) is 140 Å². The standard InChI is InChI=1S/C30H34F2N8O3S/c31-27(32)19-38-13-15-39(16-14-38)23-4-1-20(2-5-23)29-36-28-25(7-10-35-30(28)37-29)21-3-6-26(22(17-21)18-33)43-24-8-11-40(12-9-24)44(34,41)42/h1-7,10,17,24,27-28,30H,8-9,11-16,19H2,(H,36,37)(H2,34,41,42). The largest absolute Gasteiger partial charge is 0.489 e. The van der Waals surface area contributed by atoms with Crippen molar-refractivity contribution in [1.29, 1.82) is 5.26 Å². The first-order valence-electron chi connectivity index (χ1n) is 14.6. The number of nitrogens with zero attached hydrogens (tertiary/aromatic N) is 6. The highest BCUT2D eigenvalue weighted by atomic mass is 32.2. The van der Waals surface area contributed by atoms with Gasteiger partial charge in [-0.2, -0.15) is 18.0 Å². The van der Waals surface area contributed by atoms with Crippen LogP contribution in [0.4, 0.5) is 14.5 Å². The van der Waals surface area contributed by atoms with Gasteiger partial charge in [0, 0.05) is 56.7 Å². The molecule has 0 spiro atoms. The van der Waals surface area contributed by atoms with Crippen LogP contribution in [0.3, 0.4) is 0 Å². The number of halogens is 2. The van der Waals surface area contributed by atoms with E-state index in [1.165, 1.54) is 4.31 Å². The Bertz CT molecular complexity index is 1610. The molecule has 0 amide bonds. The molecule has 6 rings (SSSR count). The van der Waals surface area contributed by atoms with Crippen LogP contribution in [0.5, 0.6) is 5.75 Å². The molecule has 0 saturated carbocycles. The van der Waals surface area contributed by atoms with E-state index in [1.54, 1.807) is 23.2 Å². The van der Waals surface area contributed by atoms with Crippen molar-refractivity contribution < 1.29 is 21.9 Å². The number of piperidine rings is 1. The van der Waals surface area contributed by atoms with E-state index in [0.29, 0.717) is 50.3 Å². The van der Waals surface area contributed by atoms with E-state index in [1.807, 2.05) is 36.4 Å². The average Bonchev–Trinajstić information content (AvgIpc) is 3.46. The van der Waals surface area contributed by atoms with Gasteiger partial charge < -0.3 is 15.0 Å². The lowest BCUT2D eigenvalue weighted by molar-refractivity contribution is 0.0854. The third-order valence-corrected chi connectivity index (χ3v) is 9.53. The summed E-state index contributed by atoms with van der Waals surface area (Å²) >= 11 is 0. The Kier molecular flexibility index (Phi) is 8.64. The quantitative estimate of drug-likeness (QED) is 0.459. The molecule has 11 nitrogen and oxygen atoms in total. The van der Waals surface area contributed by atoms with Gasteiger partial charge in [0.25, 0.3) is 16.6 Å². The number of nitrogens with two attached hydrogens (primary N) is 1. The molecule has 3 N–H and O–H groups in total. The first-order valence-corrected chi connectivity index (χ1v) is 16.1. The van der Waals surface area contributed by atoms with Crippen LogP contribution in [0.1, 0.15) is 29.5 Å². The highest BCUT2D eigenvalue weighted by Crippen LogP contribution is 2.32. The van der Waals surface area contributed by atoms with Crippen molar-refractivity contribution in [3.05, 3.63) is 65.2 Å². The Labute approximate surface area is 255 Å². The van der Waals surface area contributed by atoms with Crippen molar-refractivity contribution in [2.24, 2.45) is 15.1 Å². The minimum absolute atomic E-state index is 0.180. The van der Waals surface area contributed by atoms with Crippen LogP contribution in [0, 0.1) is 11.3 Å². The molecule has 2 saturated heterocycles. The summed E-state index contributed by atoms with van der Waals surface area (Å²) in [6.07, 6.45) is 1.74. The molecule has 2 aromatic carbocycles. The molecule has 0 aromatic heterocycles. The normalized spacial score (nSPS) is 23.1. The summed E-state index contributed by atoms with van der Waals surface area (Å²) in [5, 5.41) is 18.7. The van der Waals surface area contributed by atoms with Gasteiger partial charge in [0.15, 0.2) is 6.17 Å². The van der Waals surface area contributed by atoms with Crippen LogP contribution < -0.4 is 20.1 Å². The lowest BCUT2D eigenvalue weighted by Gasteiger charge is -2.36. The molecule has 4 heterocycles. The number of ether oxygens (including phenoxy) is 1. The highest BCUT2D eigenvalue weighted by Gasteiger charge is 2.34. The number of hydrogen-bond acceptors (Lipinski definition) is 9. The number of benzene rings is 2. The third kappa shape index (κ3) is 6.61. The molecule has 0 bridgehead atoms. The Hall–Kier alpha value is -3.90. The zero-order chi connectivity index (χ0) is 30.8. The molecule has 0 radical (unpaired) electrons. The van der Waals surface area contributed by atoms with Crippen LogP contribution in [0.25, 0.3) is 5.57 Å². The van der Waals surface area contributed by atoms with E-state index in [2.05, 4.69) is 21.3 Å². The summed E-state index contributed by atoms with van der Waals surface area (Å²) in [5.74, 6) is 1.18. The fourth-order valence-electron chi connectivity index (χ4n) is 6.07. The van der Waals surface area contributed by atoms with Gasteiger partial charge in [-0.1, -0.05) is 6.07 Å². The summed E-state index contributed by atoms with van der Waals surface area (Å²) in [5.41, 5.74) is 4.15. The van der Waals surface area contributed by atoms with Crippen LogP contribution in [-0.4, -0.2) is 100 Å². The fourth-order valence-corrected chi connectivity index (χ4v) is 6.79. The number of dihydropyridines is 1. The number of nitrogens with one attached hydrogen (secondary N) is 1. The Balaban J connectivity index is 1.10. The molecule has 4 aliphatic rings. The van der Waals surface area contributed by atoms with E-state index in [4.69, 9.17) is 14.9 Å². The van der Waals surface area contributed by atoms with E-state index >= 15 is 0 Å². The molecule has 2 unspecified atom stereocenters.